The van der Waals surface area contributed by atoms with E-state index in [1.165, 1.54) is 0 Å². The summed E-state index contributed by atoms with van der Waals surface area (Å²) in [5.41, 5.74) is 4.77. The number of hydrogen-bond acceptors (Lipinski definition) is 3. The number of rotatable bonds is 4. The summed E-state index contributed by atoms with van der Waals surface area (Å²) in [7, 11) is 0. The number of benzene rings is 2. The Morgan fingerprint density at radius 2 is 1.89 bits per heavy atom. The van der Waals surface area contributed by atoms with E-state index >= 15 is 0 Å². The molecule has 3 aromatic rings. The maximum atomic E-state index is 6.30. The van der Waals surface area contributed by atoms with Crippen LogP contribution in [0.5, 0.6) is 0 Å². The van der Waals surface area contributed by atoms with Crippen LogP contribution in [-0.4, -0.2) is 9.78 Å². The Morgan fingerprint density at radius 3 is 2.63 bits per heavy atom. The second-order valence-corrected chi connectivity index (χ2v) is 7.18. The van der Waals surface area contributed by atoms with Gasteiger partial charge in [0, 0.05) is 28.7 Å². The van der Waals surface area contributed by atoms with Gasteiger partial charge in [0.25, 0.3) is 0 Å². The molecule has 0 amide bonds. The Morgan fingerprint density at radius 1 is 1.11 bits per heavy atom. The Kier molecular flexibility index (Phi) is 4.68. The van der Waals surface area contributed by atoms with Crippen LogP contribution in [0.25, 0.3) is 0 Å². The molecule has 1 atom stereocenters. The minimum Gasteiger partial charge on any atom is -0.356 e. The maximum Gasteiger partial charge on any atom is 0.129 e. The van der Waals surface area contributed by atoms with Crippen LogP contribution in [-0.2, 0) is 0 Å². The molecule has 4 rings (SSSR count). The van der Waals surface area contributed by atoms with Gasteiger partial charge in [0.2, 0.25) is 0 Å². The number of para-hydroxylation sites is 1. The van der Waals surface area contributed by atoms with Crippen molar-refractivity contribution in [1.82, 2.24) is 9.78 Å². The van der Waals surface area contributed by atoms with E-state index in [1.54, 1.807) is 6.20 Å². The fourth-order valence-corrected chi connectivity index (χ4v) is 3.66. The molecule has 0 saturated heterocycles. The number of anilines is 2. The molecule has 1 aliphatic heterocycles. The van der Waals surface area contributed by atoms with E-state index in [1.807, 2.05) is 66.2 Å². The van der Waals surface area contributed by atoms with Crippen molar-refractivity contribution in [2.75, 3.05) is 10.6 Å². The lowest BCUT2D eigenvalue weighted by molar-refractivity contribution is 0.581. The molecule has 1 aromatic heterocycles. The van der Waals surface area contributed by atoms with E-state index in [9.17, 15) is 0 Å². The van der Waals surface area contributed by atoms with Crippen LogP contribution in [0.1, 0.15) is 18.5 Å². The zero-order valence-corrected chi connectivity index (χ0v) is 16.2. The molecule has 27 heavy (non-hydrogen) atoms. The smallest absolute Gasteiger partial charge is 0.129 e. The van der Waals surface area contributed by atoms with Crippen LogP contribution in [0.2, 0.25) is 10.0 Å². The van der Waals surface area contributed by atoms with Crippen LogP contribution >= 0.6 is 23.2 Å². The third kappa shape index (κ3) is 3.34. The van der Waals surface area contributed by atoms with Gasteiger partial charge < -0.3 is 10.6 Å². The van der Waals surface area contributed by atoms with Gasteiger partial charge in [-0.15, -0.1) is 0 Å². The molecule has 0 spiro atoms. The summed E-state index contributed by atoms with van der Waals surface area (Å²) in [6.45, 7) is 6.32. The van der Waals surface area contributed by atoms with Crippen LogP contribution in [0.3, 0.4) is 0 Å². The maximum absolute atomic E-state index is 6.30. The highest BCUT2D eigenvalue weighted by atomic mass is 35.5. The van der Waals surface area contributed by atoms with Crippen molar-refractivity contribution in [3.8, 4) is 0 Å². The van der Waals surface area contributed by atoms with Gasteiger partial charge in [-0.3, -0.25) is 0 Å². The molecule has 0 bridgehead atoms. The quantitative estimate of drug-likeness (QED) is 0.559. The van der Waals surface area contributed by atoms with Gasteiger partial charge in [-0.25, -0.2) is 4.68 Å². The highest BCUT2D eigenvalue weighted by molar-refractivity contribution is 6.42. The molecule has 1 aliphatic rings. The van der Waals surface area contributed by atoms with Crippen molar-refractivity contribution in [3.05, 3.63) is 99.9 Å². The van der Waals surface area contributed by atoms with Crippen LogP contribution in [0.15, 0.2) is 84.3 Å². The third-order valence-electron chi connectivity index (χ3n) is 4.56. The number of fused-ring (bicyclic) bond motifs is 1. The molecule has 6 heteroatoms. The molecule has 1 unspecified atom stereocenters. The van der Waals surface area contributed by atoms with E-state index in [-0.39, 0.29) is 6.04 Å². The van der Waals surface area contributed by atoms with Crippen LogP contribution in [0, 0.1) is 0 Å². The average Bonchev–Trinajstić information content (AvgIpc) is 3.11. The average molecular weight is 397 g/mol. The molecule has 0 saturated carbocycles. The minimum absolute atomic E-state index is 0.172. The van der Waals surface area contributed by atoms with Gasteiger partial charge in [-0.2, -0.15) is 5.10 Å². The molecule has 2 aromatic carbocycles. The summed E-state index contributed by atoms with van der Waals surface area (Å²) < 4.78 is 1.93. The van der Waals surface area contributed by atoms with Gasteiger partial charge in [-0.05, 0) is 36.8 Å². The van der Waals surface area contributed by atoms with Gasteiger partial charge in [0.05, 0.1) is 16.2 Å². The second kappa shape index (κ2) is 7.14. The summed E-state index contributed by atoms with van der Waals surface area (Å²) in [5, 5.41) is 12.4. The molecular weight excluding hydrogens is 379 g/mol. The molecule has 136 valence electrons. The first kappa shape index (κ1) is 17.7. The Bertz CT molecular complexity index is 1040. The zero-order chi connectivity index (χ0) is 19.0. The lowest BCUT2D eigenvalue weighted by atomic mass is 9.93. The summed E-state index contributed by atoms with van der Waals surface area (Å²) in [5.74, 6) is 0.917. The predicted octanol–water partition coefficient (Wildman–Crippen LogP) is 6.10. The van der Waals surface area contributed by atoms with Crippen LogP contribution < -0.4 is 10.6 Å². The van der Waals surface area contributed by atoms with E-state index in [0.29, 0.717) is 10.0 Å². The van der Waals surface area contributed by atoms with E-state index in [0.717, 1.165) is 34.0 Å². The van der Waals surface area contributed by atoms with Crippen LogP contribution in [0.4, 0.5) is 11.5 Å². The lowest BCUT2D eigenvalue weighted by Gasteiger charge is -2.32. The van der Waals surface area contributed by atoms with Gasteiger partial charge in [-0.1, -0.05) is 54.0 Å². The van der Waals surface area contributed by atoms with E-state index in [4.69, 9.17) is 23.2 Å². The standard InChI is InChI=1S/C21H18Cl2N4/c1-13(25-16-6-4-3-5-7-16)20-14(2)26-19-10-11-24-27(19)21(20)15-8-9-17(22)18(23)12-15/h3-12,21,25-26H,1H2,2H3. The Labute approximate surface area is 168 Å². The van der Waals surface area contributed by atoms with Crippen molar-refractivity contribution in [1.29, 1.82) is 0 Å². The predicted molar refractivity (Wildman–Crippen MR) is 112 cm³/mol. The topological polar surface area (TPSA) is 41.9 Å². The summed E-state index contributed by atoms with van der Waals surface area (Å²) in [4.78, 5) is 0. The van der Waals surface area contributed by atoms with E-state index < -0.39 is 0 Å². The first-order valence-corrected chi connectivity index (χ1v) is 9.28. The number of aromatic nitrogens is 2. The SMILES string of the molecule is C=C(Nc1ccccc1)C1=C(C)Nc2ccnn2C1c1ccc(Cl)c(Cl)c1. The number of allylic oxidation sites excluding steroid dienone is 2. The fourth-order valence-electron chi connectivity index (χ4n) is 3.35. The van der Waals surface area contributed by atoms with Crippen molar-refractivity contribution in [2.45, 2.75) is 13.0 Å². The molecule has 2 N–H and O–H groups in total. The van der Waals surface area contributed by atoms with E-state index in [2.05, 4.69) is 22.3 Å². The Hall–Kier alpha value is -2.69. The highest BCUT2D eigenvalue weighted by Crippen LogP contribution is 2.40. The summed E-state index contributed by atoms with van der Waals surface area (Å²) in [6, 6.07) is 17.4. The van der Waals surface area contributed by atoms with Crippen molar-refractivity contribution >= 4 is 34.7 Å². The second-order valence-electron chi connectivity index (χ2n) is 6.37. The number of nitrogens with zero attached hydrogens (tertiary/aromatic N) is 2. The monoisotopic (exact) mass is 396 g/mol. The molecule has 0 radical (unpaired) electrons. The first-order valence-electron chi connectivity index (χ1n) is 8.52. The largest absolute Gasteiger partial charge is 0.356 e. The molecule has 0 fully saturated rings. The van der Waals surface area contributed by atoms with Gasteiger partial charge in [0.1, 0.15) is 11.9 Å². The summed E-state index contributed by atoms with van der Waals surface area (Å²) in [6.07, 6.45) is 1.77. The van der Waals surface area contributed by atoms with Crippen molar-refractivity contribution < 1.29 is 0 Å². The van der Waals surface area contributed by atoms with Gasteiger partial charge in [0.15, 0.2) is 0 Å². The zero-order valence-electron chi connectivity index (χ0n) is 14.7. The lowest BCUT2D eigenvalue weighted by Crippen LogP contribution is -2.26. The minimum atomic E-state index is -0.172. The Balaban J connectivity index is 1.79. The van der Waals surface area contributed by atoms with Crippen molar-refractivity contribution in [2.24, 2.45) is 0 Å². The fraction of sp³-hybridized carbons (Fsp3) is 0.0952. The first-order chi connectivity index (χ1) is 13.0. The highest BCUT2D eigenvalue weighted by Gasteiger charge is 2.30. The third-order valence-corrected chi connectivity index (χ3v) is 5.30. The van der Waals surface area contributed by atoms with Gasteiger partial charge >= 0.3 is 0 Å². The number of nitrogens with one attached hydrogen (secondary N) is 2. The number of halogens is 2. The number of hydrogen-bond donors (Lipinski definition) is 2. The molecular formula is C21H18Cl2N4. The normalized spacial score (nSPS) is 15.9. The molecule has 4 nitrogen and oxygen atoms in total. The summed E-state index contributed by atoms with van der Waals surface area (Å²) >= 11 is 12.4. The molecule has 0 aliphatic carbocycles. The molecule has 2 heterocycles. The van der Waals surface area contributed by atoms with Crippen molar-refractivity contribution in [3.63, 3.8) is 0 Å².